The molecule has 0 saturated heterocycles. The van der Waals surface area contributed by atoms with Crippen LogP contribution in [-0.4, -0.2) is 14.2 Å². The summed E-state index contributed by atoms with van der Waals surface area (Å²) < 4.78 is 10.2. The van der Waals surface area contributed by atoms with E-state index in [-0.39, 0.29) is 0 Å². The van der Waals surface area contributed by atoms with Gasteiger partial charge in [-0.1, -0.05) is 30.3 Å². The third-order valence-corrected chi connectivity index (χ3v) is 4.70. The molecule has 0 unspecified atom stereocenters. The van der Waals surface area contributed by atoms with Crippen LogP contribution in [0.2, 0.25) is 0 Å². The van der Waals surface area contributed by atoms with Crippen LogP contribution in [0, 0.1) is 22.7 Å². The first-order valence-corrected chi connectivity index (χ1v) is 8.94. The lowest BCUT2D eigenvalue weighted by Gasteiger charge is -2.14. The Bertz CT molecular complexity index is 1120. The van der Waals surface area contributed by atoms with Crippen LogP contribution in [0.1, 0.15) is 23.1 Å². The average Bonchev–Trinajstić information content (AvgIpc) is 2.77. The Morgan fingerprint density at radius 3 is 2.32 bits per heavy atom. The zero-order valence-electron chi connectivity index (χ0n) is 15.9. The summed E-state index contributed by atoms with van der Waals surface area (Å²) in [5.41, 5.74) is 3.72. The maximum atomic E-state index is 8.94. The van der Waals surface area contributed by atoms with Crippen LogP contribution in [0.3, 0.4) is 0 Å². The van der Waals surface area contributed by atoms with Gasteiger partial charge in [0.15, 0.2) is 0 Å². The topological polar surface area (TPSA) is 66.0 Å². The smallest absolute Gasteiger partial charge is 0.119 e. The number of hydrogen-bond donors (Lipinski definition) is 0. The van der Waals surface area contributed by atoms with Gasteiger partial charge in [-0.15, -0.1) is 0 Å². The molecule has 4 heteroatoms. The quantitative estimate of drug-likeness (QED) is 0.618. The molecule has 0 atom stereocenters. The minimum absolute atomic E-state index is 0.682. The van der Waals surface area contributed by atoms with Gasteiger partial charge in [0.1, 0.15) is 11.5 Å². The number of rotatable bonds is 2. The van der Waals surface area contributed by atoms with Gasteiger partial charge < -0.3 is 9.47 Å². The Morgan fingerprint density at radius 2 is 1.61 bits per heavy atom. The Morgan fingerprint density at radius 1 is 0.857 bits per heavy atom. The van der Waals surface area contributed by atoms with Crippen molar-refractivity contribution in [2.45, 2.75) is 12.8 Å². The monoisotopic (exact) mass is 368 g/mol. The van der Waals surface area contributed by atoms with Crippen molar-refractivity contribution in [1.29, 1.82) is 10.5 Å². The highest BCUT2D eigenvalue weighted by Crippen LogP contribution is 2.29. The molecular weight excluding hydrogens is 348 g/mol. The maximum Gasteiger partial charge on any atom is 0.119 e. The summed E-state index contributed by atoms with van der Waals surface area (Å²) in [5.74, 6) is 1.59. The molecule has 0 radical (unpaired) electrons. The normalized spacial score (nSPS) is 11.8. The number of nitrogens with zero attached hydrogens (tertiary/aromatic N) is 2. The van der Waals surface area contributed by atoms with Gasteiger partial charge in [0, 0.05) is 5.39 Å². The van der Waals surface area contributed by atoms with Crippen LogP contribution in [0.5, 0.6) is 11.5 Å². The van der Waals surface area contributed by atoms with Crippen LogP contribution in [0.25, 0.3) is 16.3 Å². The minimum Gasteiger partial charge on any atom is -0.497 e. The number of allylic oxidation sites excluding steroid dienone is 2. The molecule has 0 amide bonds. The summed E-state index contributed by atoms with van der Waals surface area (Å²) in [7, 11) is 3.26. The third-order valence-electron chi connectivity index (χ3n) is 4.70. The fourth-order valence-corrected chi connectivity index (χ4v) is 3.22. The first kappa shape index (κ1) is 19.0. The molecule has 3 aromatic rings. The van der Waals surface area contributed by atoms with E-state index in [4.69, 9.17) is 20.0 Å². The van der Waals surface area contributed by atoms with E-state index in [1.54, 1.807) is 14.2 Å². The van der Waals surface area contributed by atoms with Gasteiger partial charge in [0.05, 0.1) is 37.5 Å². The second-order valence-electron chi connectivity index (χ2n) is 6.30. The Kier molecular flexibility index (Phi) is 5.94. The highest BCUT2D eigenvalue weighted by atomic mass is 16.5. The SMILES string of the molecule is COc1ccc2c(c1)C(C#N)=CCC2.COc1ccc2cccc(C#N)c2c1. The molecule has 3 aromatic carbocycles. The number of ether oxygens (including phenoxy) is 2. The van der Waals surface area contributed by atoms with Gasteiger partial charge in [0.25, 0.3) is 0 Å². The van der Waals surface area contributed by atoms with E-state index in [0.717, 1.165) is 46.2 Å². The third kappa shape index (κ3) is 3.98. The molecule has 0 aliphatic heterocycles. The Hall–Kier alpha value is -3.76. The first-order valence-electron chi connectivity index (χ1n) is 8.94. The van der Waals surface area contributed by atoms with E-state index in [1.807, 2.05) is 60.7 Å². The first-order chi connectivity index (χ1) is 13.7. The van der Waals surface area contributed by atoms with Crippen LogP contribution in [0.15, 0.2) is 60.7 Å². The van der Waals surface area contributed by atoms with Crippen LogP contribution in [-0.2, 0) is 6.42 Å². The summed E-state index contributed by atoms with van der Waals surface area (Å²) in [6.07, 6.45) is 3.97. The number of aryl methyl sites for hydroxylation is 1. The van der Waals surface area contributed by atoms with Crippen molar-refractivity contribution >= 4 is 16.3 Å². The second-order valence-corrected chi connectivity index (χ2v) is 6.30. The zero-order chi connectivity index (χ0) is 19.9. The molecule has 0 heterocycles. The minimum atomic E-state index is 0.682. The number of methoxy groups -OCH3 is 2. The summed E-state index contributed by atoms with van der Waals surface area (Å²) >= 11 is 0. The van der Waals surface area contributed by atoms with Gasteiger partial charge in [-0.2, -0.15) is 10.5 Å². The van der Waals surface area contributed by atoms with Crippen molar-refractivity contribution in [2.75, 3.05) is 14.2 Å². The highest BCUT2D eigenvalue weighted by molar-refractivity contribution is 5.89. The van der Waals surface area contributed by atoms with E-state index >= 15 is 0 Å². The van der Waals surface area contributed by atoms with Gasteiger partial charge in [-0.05, 0) is 59.7 Å². The van der Waals surface area contributed by atoms with Crippen molar-refractivity contribution in [1.82, 2.24) is 0 Å². The largest absolute Gasteiger partial charge is 0.497 e. The van der Waals surface area contributed by atoms with E-state index in [0.29, 0.717) is 5.56 Å². The molecule has 1 aliphatic carbocycles. The van der Waals surface area contributed by atoms with Crippen molar-refractivity contribution in [3.8, 4) is 23.6 Å². The summed E-state index contributed by atoms with van der Waals surface area (Å²) in [6, 6.07) is 21.7. The predicted octanol–water partition coefficient (Wildman–Crippen LogP) is 5.27. The molecule has 28 heavy (non-hydrogen) atoms. The summed E-state index contributed by atoms with van der Waals surface area (Å²) in [5, 5.41) is 19.8. The average molecular weight is 368 g/mol. The molecule has 0 saturated carbocycles. The molecule has 0 bridgehead atoms. The molecule has 1 aliphatic rings. The molecule has 0 aromatic heterocycles. The predicted molar refractivity (Wildman–Crippen MR) is 110 cm³/mol. The zero-order valence-corrected chi connectivity index (χ0v) is 15.9. The van der Waals surface area contributed by atoms with Gasteiger partial charge in [-0.3, -0.25) is 0 Å². The van der Waals surface area contributed by atoms with E-state index in [2.05, 4.69) is 12.1 Å². The molecule has 0 fully saturated rings. The van der Waals surface area contributed by atoms with Crippen LogP contribution in [0.4, 0.5) is 0 Å². The van der Waals surface area contributed by atoms with Crippen molar-refractivity contribution < 1.29 is 9.47 Å². The Labute approximate surface area is 164 Å². The van der Waals surface area contributed by atoms with Crippen molar-refractivity contribution in [3.05, 3.63) is 77.4 Å². The fourth-order valence-electron chi connectivity index (χ4n) is 3.22. The molecule has 4 rings (SSSR count). The molecule has 0 N–H and O–H groups in total. The molecular formula is C24H20N2O2. The van der Waals surface area contributed by atoms with Gasteiger partial charge in [0.2, 0.25) is 0 Å². The van der Waals surface area contributed by atoms with Crippen molar-refractivity contribution in [2.24, 2.45) is 0 Å². The number of benzene rings is 3. The van der Waals surface area contributed by atoms with Crippen molar-refractivity contribution in [3.63, 3.8) is 0 Å². The molecule has 4 nitrogen and oxygen atoms in total. The van der Waals surface area contributed by atoms with Crippen LogP contribution >= 0.6 is 0 Å². The lowest BCUT2D eigenvalue weighted by Crippen LogP contribution is -1.99. The maximum absolute atomic E-state index is 8.94. The number of fused-ring (bicyclic) bond motifs is 2. The summed E-state index contributed by atoms with van der Waals surface area (Å²) in [6.45, 7) is 0. The van der Waals surface area contributed by atoms with Crippen LogP contribution < -0.4 is 9.47 Å². The Balaban J connectivity index is 0.000000161. The van der Waals surface area contributed by atoms with E-state index in [9.17, 15) is 0 Å². The lowest BCUT2D eigenvalue weighted by atomic mass is 9.91. The lowest BCUT2D eigenvalue weighted by molar-refractivity contribution is 0.414. The standard InChI is InChI=1S/C12H11NO.C12H9NO/c2*1-14-11-6-5-9-3-2-4-10(8-13)12(9)7-11/h4-7H,2-3H2,1H3;2-7H,1H3. The number of nitriles is 2. The number of hydrogen-bond acceptors (Lipinski definition) is 4. The second kappa shape index (κ2) is 8.75. The highest BCUT2D eigenvalue weighted by Gasteiger charge is 2.12. The fraction of sp³-hybridized carbons (Fsp3) is 0.167. The molecule has 0 spiro atoms. The summed E-state index contributed by atoms with van der Waals surface area (Å²) in [4.78, 5) is 0. The van der Waals surface area contributed by atoms with E-state index < -0.39 is 0 Å². The van der Waals surface area contributed by atoms with Gasteiger partial charge >= 0.3 is 0 Å². The van der Waals surface area contributed by atoms with Gasteiger partial charge in [-0.25, -0.2) is 0 Å². The molecule has 138 valence electrons. The van der Waals surface area contributed by atoms with E-state index in [1.165, 1.54) is 5.56 Å².